The Hall–Kier alpha value is -0.610. The third-order valence-electron chi connectivity index (χ3n) is 3.31. The fourth-order valence-corrected chi connectivity index (χ4v) is 2.41. The molecule has 0 aromatic heterocycles. The first-order chi connectivity index (χ1) is 7.58. The SMILES string of the molecule is CC1(C)CN(C(=O)C2CCOCC2)CCO1. The van der Waals surface area contributed by atoms with Gasteiger partial charge in [0.2, 0.25) is 5.91 Å². The standard InChI is InChI=1S/C12H21NO3/c1-12(2)9-13(5-8-16-12)11(14)10-3-6-15-7-4-10/h10H,3-9H2,1-2H3. The van der Waals surface area contributed by atoms with Gasteiger partial charge in [0.25, 0.3) is 0 Å². The fourth-order valence-electron chi connectivity index (χ4n) is 2.41. The zero-order chi connectivity index (χ0) is 11.6. The average molecular weight is 227 g/mol. The van der Waals surface area contributed by atoms with Crippen molar-refractivity contribution < 1.29 is 14.3 Å². The molecule has 0 bridgehead atoms. The van der Waals surface area contributed by atoms with Gasteiger partial charge in [0.1, 0.15) is 0 Å². The van der Waals surface area contributed by atoms with Crippen LogP contribution in [0.3, 0.4) is 0 Å². The average Bonchev–Trinajstić information content (AvgIpc) is 2.28. The van der Waals surface area contributed by atoms with Crippen molar-refractivity contribution in [3.05, 3.63) is 0 Å². The highest BCUT2D eigenvalue weighted by atomic mass is 16.5. The summed E-state index contributed by atoms with van der Waals surface area (Å²) in [5.74, 6) is 0.460. The smallest absolute Gasteiger partial charge is 0.226 e. The Morgan fingerprint density at radius 3 is 2.56 bits per heavy atom. The Balaban J connectivity index is 1.93. The maximum atomic E-state index is 12.3. The Morgan fingerprint density at radius 2 is 1.94 bits per heavy atom. The lowest BCUT2D eigenvalue weighted by molar-refractivity contribution is -0.152. The maximum Gasteiger partial charge on any atom is 0.226 e. The summed E-state index contributed by atoms with van der Waals surface area (Å²) in [6, 6.07) is 0. The van der Waals surface area contributed by atoms with E-state index in [1.54, 1.807) is 0 Å². The van der Waals surface area contributed by atoms with Crippen LogP contribution in [0.2, 0.25) is 0 Å². The van der Waals surface area contributed by atoms with Crippen molar-refractivity contribution in [2.45, 2.75) is 32.3 Å². The largest absolute Gasteiger partial charge is 0.381 e. The third kappa shape index (κ3) is 2.74. The molecule has 4 nitrogen and oxygen atoms in total. The van der Waals surface area contributed by atoms with Crippen LogP contribution < -0.4 is 0 Å². The number of hydrogen-bond acceptors (Lipinski definition) is 3. The number of morpholine rings is 1. The first-order valence-corrected chi connectivity index (χ1v) is 6.09. The Morgan fingerprint density at radius 1 is 1.25 bits per heavy atom. The second-order valence-corrected chi connectivity index (χ2v) is 5.25. The van der Waals surface area contributed by atoms with Gasteiger partial charge in [0.15, 0.2) is 0 Å². The van der Waals surface area contributed by atoms with E-state index in [1.807, 2.05) is 18.7 Å². The normalized spacial score (nSPS) is 26.8. The predicted molar refractivity (Wildman–Crippen MR) is 60.2 cm³/mol. The molecule has 0 spiro atoms. The monoisotopic (exact) mass is 227 g/mol. The summed E-state index contributed by atoms with van der Waals surface area (Å²) in [7, 11) is 0. The number of carbonyl (C=O) groups is 1. The van der Waals surface area contributed by atoms with Crippen molar-refractivity contribution in [1.82, 2.24) is 4.90 Å². The number of hydrogen-bond donors (Lipinski definition) is 0. The first-order valence-electron chi connectivity index (χ1n) is 6.09. The molecular weight excluding hydrogens is 206 g/mol. The van der Waals surface area contributed by atoms with Gasteiger partial charge in [0.05, 0.1) is 12.2 Å². The van der Waals surface area contributed by atoms with Crippen molar-refractivity contribution in [3.63, 3.8) is 0 Å². The summed E-state index contributed by atoms with van der Waals surface area (Å²) in [5.41, 5.74) is -0.195. The molecule has 2 aliphatic rings. The quantitative estimate of drug-likeness (QED) is 0.672. The van der Waals surface area contributed by atoms with Gasteiger partial charge in [-0.25, -0.2) is 0 Å². The molecule has 0 unspecified atom stereocenters. The fraction of sp³-hybridized carbons (Fsp3) is 0.917. The molecule has 0 aromatic carbocycles. The molecular formula is C12H21NO3. The van der Waals surface area contributed by atoms with E-state index < -0.39 is 0 Å². The van der Waals surface area contributed by atoms with E-state index in [-0.39, 0.29) is 11.5 Å². The molecule has 2 heterocycles. The second-order valence-electron chi connectivity index (χ2n) is 5.25. The molecule has 2 aliphatic heterocycles. The lowest BCUT2D eigenvalue weighted by atomic mass is 9.97. The van der Waals surface area contributed by atoms with Gasteiger partial charge < -0.3 is 14.4 Å². The molecule has 2 fully saturated rings. The van der Waals surface area contributed by atoms with Crippen molar-refractivity contribution in [3.8, 4) is 0 Å². The van der Waals surface area contributed by atoms with Crippen molar-refractivity contribution >= 4 is 5.91 Å². The highest BCUT2D eigenvalue weighted by Gasteiger charge is 2.33. The van der Waals surface area contributed by atoms with Crippen LogP contribution in [-0.2, 0) is 14.3 Å². The van der Waals surface area contributed by atoms with Crippen LogP contribution in [0.5, 0.6) is 0 Å². The highest BCUT2D eigenvalue weighted by Crippen LogP contribution is 2.22. The van der Waals surface area contributed by atoms with Gasteiger partial charge in [-0.2, -0.15) is 0 Å². The molecule has 4 heteroatoms. The molecule has 16 heavy (non-hydrogen) atoms. The van der Waals surface area contributed by atoms with E-state index in [0.29, 0.717) is 19.1 Å². The molecule has 0 atom stereocenters. The molecule has 1 amide bonds. The summed E-state index contributed by atoms with van der Waals surface area (Å²) < 4.78 is 10.9. The highest BCUT2D eigenvalue weighted by molar-refractivity contribution is 5.79. The summed E-state index contributed by atoms with van der Waals surface area (Å²) in [5, 5.41) is 0. The number of nitrogens with zero attached hydrogens (tertiary/aromatic N) is 1. The Bertz CT molecular complexity index is 259. The van der Waals surface area contributed by atoms with E-state index >= 15 is 0 Å². The zero-order valence-corrected chi connectivity index (χ0v) is 10.2. The van der Waals surface area contributed by atoms with E-state index in [1.165, 1.54) is 0 Å². The maximum absolute atomic E-state index is 12.3. The van der Waals surface area contributed by atoms with Crippen LogP contribution in [0.25, 0.3) is 0 Å². The van der Waals surface area contributed by atoms with E-state index in [4.69, 9.17) is 9.47 Å². The van der Waals surface area contributed by atoms with Crippen LogP contribution in [-0.4, -0.2) is 49.3 Å². The van der Waals surface area contributed by atoms with E-state index in [2.05, 4.69) is 0 Å². The van der Waals surface area contributed by atoms with E-state index in [9.17, 15) is 4.79 Å². The van der Waals surface area contributed by atoms with Gasteiger partial charge >= 0.3 is 0 Å². The molecule has 92 valence electrons. The lowest BCUT2D eigenvalue weighted by Gasteiger charge is -2.40. The van der Waals surface area contributed by atoms with Crippen molar-refractivity contribution in [2.75, 3.05) is 32.9 Å². The predicted octanol–water partition coefficient (Wildman–Crippen LogP) is 1.05. The topological polar surface area (TPSA) is 38.8 Å². The van der Waals surface area contributed by atoms with Crippen molar-refractivity contribution in [1.29, 1.82) is 0 Å². The number of ether oxygens (including phenoxy) is 2. The van der Waals surface area contributed by atoms with Crippen LogP contribution >= 0.6 is 0 Å². The third-order valence-corrected chi connectivity index (χ3v) is 3.31. The Kier molecular flexibility index (Phi) is 3.50. The molecule has 0 aromatic rings. The van der Waals surface area contributed by atoms with Crippen LogP contribution in [0.15, 0.2) is 0 Å². The minimum absolute atomic E-state index is 0.169. The van der Waals surface area contributed by atoms with Crippen molar-refractivity contribution in [2.24, 2.45) is 5.92 Å². The van der Waals surface area contributed by atoms with Gasteiger partial charge in [-0.3, -0.25) is 4.79 Å². The molecule has 2 rings (SSSR count). The first kappa shape index (κ1) is 11.9. The molecule has 0 radical (unpaired) electrons. The number of rotatable bonds is 1. The minimum Gasteiger partial charge on any atom is -0.381 e. The summed E-state index contributed by atoms with van der Waals surface area (Å²) in [6.07, 6.45) is 1.74. The van der Waals surface area contributed by atoms with Crippen LogP contribution in [0, 0.1) is 5.92 Å². The van der Waals surface area contributed by atoms with E-state index in [0.717, 1.165) is 32.6 Å². The summed E-state index contributed by atoms with van der Waals surface area (Å²) in [6.45, 7) is 7.63. The minimum atomic E-state index is -0.195. The summed E-state index contributed by atoms with van der Waals surface area (Å²) in [4.78, 5) is 14.2. The van der Waals surface area contributed by atoms with Gasteiger partial charge in [0, 0.05) is 32.2 Å². The molecule has 2 saturated heterocycles. The van der Waals surface area contributed by atoms with Gasteiger partial charge in [-0.15, -0.1) is 0 Å². The van der Waals surface area contributed by atoms with Gasteiger partial charge in [-0.1, -0.05) is 0 Å². The number of carbonyl (C=O) groups excluding carboxylic acids is 1. The summed E-state index contributed by atoms with van der Waals surface area (Å²) >= 11 is 0. The van der Waals surface area contributed by atoms with Gasteiger partial charge in [-0.05, 0) is 26.7 Å². The lowest BCUT2D eigenvalue weighted by Crippen LogP contribution is -2.52. The molecule has 0 N–H and O–H groups in total. The molecule has 0 saturated carbocycles. The number of amides is 1. The van der Waals surface area contributed by atoms with Crippen LogP contribution in [0.1, 0.15) is 26.7 Å². The van der Waals surface area contributed by atoms with Crippen LogP contribution in [0.4, 0.5) is 0 Å². The Labute approximate surface area is 96.9 Å². The second kappa shape index (κ2) is 4.72. The molecule has 0 aliphatic carbocycles. The zero-order valence-electron chi connectivity index (χ0n) is 10.2.